The lowest BCUT2D eigenvalue weighted by molar-refractivity contribution is -0.164. The number of halogens is 4. The number of carbonyl (C=O) groups excluding carboxylic acids is 5. The summed E-state index contributed by atoms with van der Waals surface area (Å²) in [7, 11) is 0. The molecule has 0 saturated carbocycles. The number of piperidine rings is 1. The maximum Gasteiger partial charge on any atom is 0.408 e. The van der Waals surface area contributed by atoms with Crippen molar-refractivity contribution in [3.05, 3.63) is 65.2 Å². The molecule has 1 aromatic heterocycles. The smallest absolute Gasteiger partial charge is 0.408 e. The van der Waals surface area contributed by atoms with Crippen molar-refractivity contribution in [3.63, 3.8) is 0 Å². The van der Waals surface area contributed by atoms with E-state index in [1.807, 2.05) is 0 Å². The van der Waals surface area contributed by atoms with Crippen LogP contribution in [0.25, 0.3) is 0 Å². The maximum atomic E-state index is 14.5. The number of nitrogens with zero attached hydrogens (tertiary/aromatic N) is 4. The number of hydrazone groups is 1. The van der Waals surface area contributed by atoms with E-state index in [4.69, 9.17) is 9.47 Å². The van der Waals surface area contributed by atoms with Crippen molar-refractivity contribution in [2.45, 2.75) is 90.6 Å². The Labute approximate surface area is 304 Å². The van der Waals surface area contributed by atoms with Gasteiger partial charge in [0.05, 0.1) is 17.9 Å². The number of hydrogen-bond donors (Lipinski definition) is 2. The van der Waals surface area contributed by atoms with Gasteiger partial charge in [-0.3, -0.25) is 19.4 Å². The number of aromatic nitrogens is 1. The zero-order valence-corrected chi connectivity index (χ0v) is 30.4. The third kappa shape index (κ3) is 10.3. The van der Waals surface area contributed by atoms with Crippen molar-refractivity contribution in [2.75, 3.05) is 26.2 Å². The third-order valence-electron chi connectivity index (χ3n) is 8.62. The van der Waals surface area contributed by atoms with Crippen molar-refractivity contribution < 1.29 is 51.0 Å². The van der Waals surface area contributed by atoms with Gasteiger partial charge in [0.2, 0.25) is 11.8 Å². The van der Waals surface area contributed by atoms with Gasteiger partial charge in [0, 0.05) is 37.8 Å². The van der Waals surface area contributed by atoms with Gasteiger partial charge in [-0.2, -0.15) is 18.3 Å². The van der Waals surface area contributed by atoms with E-state index in [1.165, 1.54) is 31.0 Å². The normalized spacial score (nSPS) is 18.2. The molecule has 2 aliphatic heterocycles. The van der Waals surface area contributed by atoms with Crippen molar-refractivity contribution in [1.82, 2.24) is 25.5 Å². The number of hydrogen-bond acceptors (Lipinski definition) is 9. The molecule has 13 nitrogen and oxygen atoms in total. The van der Waals surface area contributed by atoms with E-state index < -0.39 is 70.9 Å². The maximum absolute atomic E-state index is 14.5. The number of pyridine rings is 1. The fourth-order valence-electron chi connectivity index (χ4n) is 6.17. The minimum atomic E-state index is -4.75. The summed E-state index contributed by atoms with van der Waals surface area (Å²) >= 11 is 0. The van der Waals surface area contributed by atoms with E-state index in [2.05, 4.69) is 20.7 Å². The van der Waals surface area contributed by atoms with Gasteiger partial charge in [0.1, 0.15) is 35.0 Å². The zero-order valence-electron chi connectivity index (χ0n) is 30.4. The minimum Gasteiger partial charge on any atom is -0.462 e. The van der Waals surface area contributed by atoms with Crippen LogP contribution in [0.5, 0.6) is 0 Å². The van der Waals surface area contributed by atoms with Crippen molar-refractivity contribution in [2.24, 2.45) is 10.5 Å². The summed E-state index contributed by atoms with van der Waals surface area (Å²) in [6.45, 7) is 7.27. The number of aryl methyl sites for hydroxylation is 1. The van der Waals surface area contributed by atoms with Gasteiger partial charge in [-0.05, 0) is 90.3 Å². The molecule has 2 atom stereocenters. The summed E-state index contributed by atoms with van der Waals surface area (Å²) in [5.41, 5.74) is -3.40. The molecule has 53 heavy (non-hydrogen) atoms. The summed E-state index contributed by atoms with van der Waals surface area (Å²) in [6.07, 6.45) is -4.69. The Morgan fingerprint density at radius 2 is 1.77 bits per heavy atom. The number of alkyl carbamates (subject to hydrolysis) is 1. The number of fused-ring (bicyclic) bond motifs is 1. The molecule has 0 bridgehead atoms. The second kappa shape index (κ2) is 15.9. The van der Waals surface area contributed by atoms with Gasteiger partial charge >= 0.3 is 18.2 Å². The number of carbonyl (C=O) groups is 5. The first kappa shape index (κ1) is 40.7. The molecular formula is C36H44F4N6O7. The monoisotopic (exact) mass is 748 g/mol. The van der Waals surface area contributed by atoms with Gasteiger partial charge in [-0.15, -0.1) is 0 Å². The molecular weight excluding hydrogens is 704 g/mol. The first-order valence-corrected chi connectivity index (χ1v) is 17.1. The van der Waals surface area contributed by atoms with Crippen molar-refractivity contribution >= 4 is 35.5 Å². The predicted octanol–water partition coefficient (Wildman–Crippen LogP) is 4.34. The van der Waals surface area contributed by atoms with Crippen LogP contribution in [0.1, 0.15) is 76.0 Å². The molecule has 2 aromatic rings. The molecule has 1 saturated heterocycles. The second-order valence-electron chi connectivity index (χ2n) is 14.5. The highest BCUT2D eigenvalue weighted by Crippen LogP contribution is 2.39. The average Bonchev–Trinajstić information content (AvgIpc) is 3.30. The summed E-state index contributed by atoms with van der Waals surface area (Å²) in [6, 6.07) is 6.96. The number of rotatable bonds is 12. The number of alkyl halides is 3. The van der Waals surface area contributed by atoms with Crippen LogP contribution in [-0.2, 0) is 36.7 Å². The Morgan fingerprint density at radius 3 is 2.40 bits per heavy atom. The first-order valence-electron chi connectivity index (χ1n) is 17.1. The zero-order chi connectivity index (χ0) is 39.4. The minimum absolute atomic E-state index is 0.0478. The number of nitrogens with one attached hydrogen (secondary N) is 2. The van der Waals surface area contributed by atoms with Crippen LogP contribution >= 0.6 is 0 Å². The first-order chi connectivity index (χ1) is 24.6. The molecule has 1 unspecified atom stereocenters. The molecule has 17 heteroatoms. The van der Waals surface area contributed by atoms with E-state index in [-0.39, 0.29) is 62.2 Å². The Hall–Kier alpha value is -5.09. The average molecular weight is 749 g/mol. The van der Waals surface area contributed by atoms with E-state index in [9.17, 15) is 41.5 Å². The van der Waals surface area contributed by atoms with Gasteiger partial charge in [-0.1, -0.05) is 6.07 Å². The summed E-state index contributed by atoms with van der Waals surface area (Å²) in [5, 5.41) is 9.56. The Bertz CT molecular complexity index is 1750. The summed E-state index contributed by atoms with van der Waals surface area (Å²) < 4.78 is 65.3. The quantitative estimate of drug-likeness (QED) is 0.240. The van der Waals surface area contributed by atoms with E-state index in [0.29, 0.717) is 10.7 Å². The SMILES string of the molecule is CCOC(=O)c1ccc(F)cc1CCC(NC(=O)C(C)(C)NC(=O)OC(C)(C)C)C(=O)N1CCC2=NN(CC(F)(F)F)C(=O)[C@]2(Cc2ccccn2)C1. The molecule has 0 aliphatic carbocycles. The highest BCUT2D eigenvalue weighted by Gasteiger charge is 2.56. The highest BCUT2D eigenvalue weighted by atomic mass is 19.4. The topological polar surface area (TPSA) is 160 Å². The lowest BCUT2D eigenvalue weighted by Crippen LogP contribution is -2.62. The number of esters is 1. The van der Waals surface area contributed by atoms with Crippen LogP contribution in [0, 0.1) is 11.2 Å². The predicted molar refractivity (Wildman–Crippen MR) is 183 cm³/mol. The van der Waals surface area contributed by atoms with Crippen LogP contribution < -0.4 is 10.6 Å². The Balaban J connectivity index is 1.67. The Morgan fingerprint density at radius 1 is 1.06 bits per heavy atom. The van der Waals surface area contributed by atoms with Gasteiger partial charge in [-0.25, -0.2) is 19.0 Å². The molecule has 4 rings (SSSR count). The fourth-order valence-corrected chi connectivity index (χ4v) is 6.17. The van der Waals surface area contributed by atoms with E-state index in [0.717, 1.165) is 12.1 Å². The molecule has 1 fully saturated rings. The van der Waals surface area contributed by atoms with Crippen LogP contribution in [-0.4, -0.2) is 100.0 Å². The number of amides is 4. The van der Waals surface area contributed by atoms with Gasteiger partial charge < -0.3 is 25.0 Å². The van der Waals surface area contributed by atoms with Gasteiger partial charge in [0.25, 0.3) is 5.91 Å². The number of likely N-dealkylation sites (tertiary alicyclic amines) is 1. The van der Waals surface area contributed by atoms with E-state index >= 15 is 0 Å². The largest absolute Gasteiger partial charge is 0.462 e. The molecule has 1 aromatic carbocycles. The van der Waals surface area contributed by atoms with Crippen LogP contribution in [0.15, 0.2) is 47.7 Å². The fraction of sp³-hybridized carbons (Fsp3) is 0.528. The molecule has 2 N–H and O–H groups in total. The summed E-state index contributed by atoms with van der Waals surface area (Å²) in [5.74, 6) is -3.84. The number of ether oxygens (including phenoxy) is 2. The van der Waals surface area contributed by atoms with Crippen LogP contribution in [0.4, 0.5) is 22.4 Å². The van der Waals surface area contributed by atoms with Gasteiger partial charge in [0.15, 0.2) is 0 Å². The Kier molecular flexibility index (Phi) is 12.2. The highest BCUT2D eigenvalue weighted by molar-refractivity contribution is 6.14. The molecule has 288 valence electrons. The second-order valence-corrected chi connectivity index (χ2v) is 14.5. The van der Waals surface area contributed by atoms with Crippen molar-refractivity contribution in [3.8, 4) is 0 Å². The van der Waals surface area contributed by atoms with E-state index in [1.54, 1.807) is 45.9 Å². The number of benzene rings is 1. The van der Waals surface area contributed by atoms with Crippen LogP contribution in [0.3, 0.4) is 0 Å². The molecule has 0 spiro atoms. The lowest BCUT2D eigenvalue weighted by Gasteiger charge is -2.41. The van der Waals surface area contributed by atoms with Crippen molar-refractivity contribution in [1.29, 1.82) is 0 Å². The molecule has 4 amide bonds. The third-order valence-corrected chi connectivity index (χ3v) is 8.62. The molecule has 0 radical (unpaired) electrons. The standard InChI is InChI=1S/C36H44F4N6O7/c1-7-52-29(48)25-13-12-23(37)18-22(25)11-14-26(42-30(49)34(5,6)43-32(51)53-33(2,3)4)28(47)45-17-15-27-35(20-45,19-24-10-8-9-16-41-24)31(50)46(44-27)21-36(38,39)40/h8-10,12-13,16,18,26H,7,11,14-15,17,19-21H2,1-6H3,(H,42,49)(H,43,51)/t26?,35-/m1/s1. The lowest BCUT2D eigenvalue weighted by atomic mass is 9.74. The summed E-state index contributed by atoms with van der Waals surface area (Å²) in [4.78, 5) is 72.8. The molecule has 3 heterocycles. The van der Waals surface area contributed by atoms with Crippen LogP contribution in [0.2, 0.25) is 0 Å². The molecule has 2 aliphatic rings.